The Hall–Kier alpha value is -2.08. The van der Waals surface area contributed by atoms with E-state index in [0.717, 1.165) is 29.6 Å². The molecular weight excluding hydrogens is 307 g/mol. The highest BCUT2D eigenvalue weighted by Gasteiger charge is 2.15. The summed E-state index contributed by atoms with van der Waals surface area (Å²) in [4.78, 5) is 19.3. The van der Waals surface area contributed by atoms with Crippen LogP contribution in [-0.4, -0.2) is 54.0 Å². The Kier molecular flexibility index (Phi) is 6.20. The number of carbonyl (C=O) groups excluding carboxylic acids is 1. The number of benzene rings is 1. The highest BCUT2D eigenvalue weighted by atomic mass is 19.1. The summed E-state index contributed by atoms with van der Waals surface area (Å²) in [5.74, 6) is -0.259. The molecule has 1 aromatic heterocycles. The first-order chi connectivity index (χ1) is 11.4. The second-order valence-corrected chi connectivity index (χ2v) is 6.20. The van der Waals surface area contributed by atoms with Gasteiger partial charge in [-0.2, -0.15) is 0 Å². The van der Waals surface area contributed by atoms with Crippen molar-refractivity contribution in [1.29, 1.82) is 0 Å². The Balaban J connectivity index is 1.92. The second-order valence-electron chi connectivity index (χ2n) is 6.20. The van der Waals surface area contributed by atoms with E-state index in [9.17, 15) is 9.18 Å². The van der Waals surface area contributed by atoms with Crippen LogP contribution in [0.1, 0.15) is 26.0 Å². The zero-order chi connectivity index (χ0) is 17.7. The first-order valence-corrected chi connectivity index (χ1v) is 8.40. The maximum atomic E-state index is 13.2. The topological polar surface area (TPSA) is 51.4 Å². The lowest BCUT2D eigenvalue weighted by Crippen LogP contribution is -2.45. The predicted octanol–water partition coefficient (Wildman–Crippen LogP) is 3.18. The van der Waals surface area contributed by atoms with Gasteiger partial charge in [0.05, 0.1) is 6.54 Å². The molecule has 5 nitrogen and oxygen atoms in total. The molecule has 24 heavy (non-hydrogen) atoms. The van der Waals surface area contributed by atoms with E-state index >= 15 is 0 Å². The van der Waals surface area contributed by atoms with Gasteiger partial charge in [-0.15, -0.1) is 0 Å². The number of nitrogens with one attached hydrogen (secondary N) is 2. The summed E-state index contributed by atoms with van der Waals surface area (Å²) in [6.45, 7) is 6.26. The fourth-order valence-corrected chi connectivity index (χ4v) is 2.79. The Morgan fingerprint density at radius 1 is 1.29 bits per heavy atom. The van der Waals surface area contributed by atoms with Crippen LogP contribution in [0.2, 0.25) is 0 Å². The fourth-order valence-electron chi connectivity index (χ4n) is 2.79. The third-order valence-corrected chi connectivity index (χ3v) is 4.48. The first kappa shape index (κ1) is 18.3. The molecule has 0 spiro atoms. The maximum absolute atomic E-state index is 13.2. The molecule has 0 radical (unpaired) electrons. The molecule has 0 fully saturated rings. The molecule has 6 heteroatoms. The summed E-state index contributed by atoms with van der Waals surface area (Å²) in [5, 5.41) is 3.80. The summed E-state index contributed by atoms with van der Waals surface area (Å²) < 4.78 is 13.2. The zero-order valence-corrected chi connectivity index (χ0v) is 14.9. The third-order valence-electron chi connectivity index (χ3n) is 4.48. The molecule has 0 saturated carbocycles. The van der Waals surface area contributed by atoms with Gasteiger partial charge in [0.1, 0.15) is 5.82 Å². The van der Waals surface area contributed by atoms with Gasteiger partial charge in [-0.05, 0) is 44.3 Å². The number of carbonyl (C=O) groups is 1. The Bertz CT molecular complexity index is 685. The molecule has 132 valence electrons. The van der Waals surface area contributed by atoms with E-state index in [4.69, 9.17) is 0 Å². The quantitative estimate of drug-likeness (QED) is 0.817. The summed E-state index contributed by atoms with van der Waals surface area (Å²) in [5.41, 5.74) is 1.75. The lowest BCUT2D eigenvalue weighted by Gasteiger charge is -2.27. The number of likely N-dealkylation sites (N-methyl/N-ethyl adjacent to an activating group) is 1. The van der Waals surface area contributed by atoms with Gasteiger partial charge in [-0.25, -0.2) is 9.18 Å². The van der Waals surface area contributed by atoms with Gasteiger partial charge < -0.3 is 20.1 Å². The standard InChI is InChI=1S/C18H27FN4O/c1-5-16(22(3)6-2)11-20-18(24)23(4)12-15-10-13-9-14(19)7-8-17(13)21-15/h7-10,16,21H,5-6,11-12H2,1-4H3,(H,20,24)/t16-/m1/s1. The van der Waals surface area contributed by atoms with E-state index in [1.165, 1.54) is 12.1 Å². The van der Waals surface area contributed by atoms with Gasteiger partial charge >= 0.3 is 6.03 Å². The number of aromatic amines is 1. The predicted molar refractivity (Wildman–Crippen MR) is 95.5 cm³/mol. The molecule has 0 unspecified atom stereocenters. The largest absolute Gasteiger partial charge is 0.357 e. The number of aromatic nitrogens is 1. The van der Waals surface area contributed by atoms with Gasteiger partial charge in [-0.3, -0.25) is 0 Å². The minimum Gasteiger partial charge on any atom is -0.357 e. The molecule has 0 aliphatic rings. The number of H-pyrrole nitrogens is 1. The van der Waals surface area contributed by atoms with Crippen LogP contribution >= 0.6 is 0 Å². The van der Waals surface area contributed by atoms with E-state index in [-0.39, 0.29) is 11.8 Å². The fraction of sp³-hybridized carbons (Fsp3) is 0.500. The van der Waals surface area contributed by atoms with E-state index in [1.54, 1.807) is 18.0 Å². The van der Waals surface area contributed by atoms with Gasteiger partial charge in [0.15, 0.2) is 0 Å². The van der Waals surface area contributed by atoms with Crippen LogP contribution in [0.4, 0.5) is 9.18 Å². The number of halogens is 1. The van der Waals surface area contributed by atoms with Crippen molar-refractivity contribution < 1.29 is 9.18 Å². The van der Waals surface area contributed by atoms with Gasteiger partial charge in [0.25, 0.3) is 0 Å². The van der Waals surface area contributed by atoms with Crippen molar-refractivity contribution in [2.45, 2.75) is 32.9 Å². The summed E-state index contributed by atoms with van der Waals surface area (Å²) in [7, 11) is 3.82. The van der Waals surface area contributed by atoms with Crippen molar-refractivity contribution in [2.75, 3.05) is 27.2 Å². The molecule has 0 aliphatic carbocycles. The summed E-state index contributed by atoms with van der Waals surface area (Å²) in [6.07, 6.45) is 0.988. The molecule has 2 amide bonds. The average molecular weight is 334 g/mol. The number of urea groups is 1. The summed E-state index contributed by atoms with van der Waals surface area (Å²) >= 11 is 0. The van der Waals surface area contributed by atoms with E-state index < -0.39 is 0 Å². The molecule has 1 aromatic carbocycles. The van der Waals surface area contributed by atoms with Gasteiger partial charge in [0, 0.05) is 36.2 Å². The van der Waals surface area contributed by atoms with E-state index in [0.29, 0.717) is 19.1 Å². The number of nitrogens with zero attached hydrogens (tertiary/aromatic N) is 2. The van der Waals surface area contributed by atoms with Crippen LogP contribution in [0.15, 0.2) is 24.3 Å². The monoisotopic (exact) mass is 334 g/mol. The van der Waals surface area contributed by atoms with Crippen molar-refractivity contribution in [2.24, 2.45) is 0 Å². The molecule has 2 rings (SSSR count). The van der Waals surface area contributed by atoms with E-state index in [1.807, 2.05) is 6.07 Å². The molecule has 0 saturated heterocycles. The number of hydrogen-bond donors (Lipinski definition) is 2. The molecular formula is C18H27FN4O. The molecule has 0 aliphatic heterocycles. The van der Waals surface area contributed by atoms with Crippen LogP contribution in [-0.2, 0) is 6.54 Å². The normalized spacial score (nSPS) is 12.6. The van der Waals surface area contributed by atoms with Gasteiger partial charge in [-0.1, -0.05) is 13.8 Å². The van der Waals surface area contributed by atoms with Crippen LogP contribution in [0.25, 0.3) is 10.9 Å². The Labute approximate surface area is 142 Å². The third kappa shape index (κ3) is 4.47. The average Bonchev–Trinajstić information content (AvgIpc) is 2.95. The van der Waals surface area contributed by atoms with Crippen molar-refractivity contribution in [1.82, 2.24) is 20.1 Å². The lowest BCUT2D eigenvalue weighted by atomic mass is 10.2. The number of rotatable bonds is 7. The Morgan fingerprint density at radius 2 is 2.04 bits per heavy atom. The van der Waals surface area contributed by atoms with Crippen LogP contribution in [0, 0.1) is 5.82 Å². The number of amides is 2. The van der Waals surface area contributed by atoms with Crippen LogP contribution in [0.3, 0.4) is 0 Å². The highest BCUT2D eigenvalue weighted by molar-refractivity contribution is 5.80. The lowest BCUT2D eigenvalue weighted by molar-refractivity contribution is 0.195. The van der Waals surface area contributed by atoms with Gasteiger partial charge in [0.2, 0.25) is 0 Å². The zero-order valence-electron chi connectivity index (χ0n) is 14.9. The van der Waals surface area contributed by atoms with E-state index in [2.05, 4.69) is 36.1 Å². The van der Waals surface area contributed by atoms with Crippen molar-refractivity contribution >= 4 is 16.9 Å². The smallest absolute Gasteiger partial charge is 0.317 e. The Morgan fingerprint density at radius 3 is 2.71 bits per heavy atom. The number of hydrogen-bond acceptors (Lipinski definition) is 2. The second kappa shape index (κ2) is 8.15. The summed E-state index contributed by atoms with van der Waals surface area (Å²) in [6, 6.07) is 6.73. The number of fused-ring (bicyclic) bond motifs is 1. The molecule has 0 bridgehead atoms. The van der Waals surface area contributed by atoms with Crippen LogP contribution in [0.5, 0.6) is 0 Å². The first-order valence-electron chi connectivity index (χ1n) is 8.40. The highest BCUT2D eigenvalue weighted by Crippen LogP contribution is 2.17. The van der Waals surface area contributed by atoms with Crippen molar-refractivity contribution in [3.05, 3.63) is 35.8 Å². The molecule has 2 aromatic rings. The molecule has 1 atom stereocenters. The minimum atomic E-state index is -0.259. The van der Waals surface area contributed by atoms with Crippen molar-refractivity contribution in [3.8, 4) is 0 Å². The SMILES string of the molecule is CC[C@H](CNC(=O)N(C)Cc1cc2cc(F)ccc2[nH]1)N(C)CC. The molecule has 2 N–H and O–H groups in total. The van der Waals surface area contributed by atoms with Crippen LogP contribution < -0.4 is 5.32 Å². The molecule has 1 heterocycles. The minimum absolute atomic E-state index is 0.109. The van der Waals surface area contributed by atoms with Crippen molar-refractivity contribution in [3.63, 3.8) is 0 Å². The maximum Gasteiger partial charge on any atom is 0.317 e.